The Labute approximate surface area is 166 Å². The molecule has 0 radical (unpaired) electrons. The molecule has 1 aliphatic heterocycles. The molecule has 1 N–H and O–H groups in total. The van der Waals surface area contributed by atoms with Gasteiger partial charge >= 0.3 is 0 Å². The third-order valence-corrected chi connectivity index (χ3v) is 6.76. The fourth-order valence-electron chi connectivity index (χ4n) is 3.56. The van der Waals surface area contributed by atoms with Gasteiger partial charge in [-0.2, -0.15) is 0 Å². The summed E-state index contributed by atoms with van der Waals surface area (Å²) in [5.74, 6) is 0.00481. The number of halogens is 1. The Morgan fingerprint density at radius 1 is 1.18 bits per heavy atom. The zero-order valence-corrected chi connectivity index (χ0v) is 17.1. The fourth-order valence-corrected chi connectivity index (χ4v) is 4.61. The summed E-state index contributed by atoms with van der Waals surface area (Å²) in [4.78, 5) is 2.22. The molecule has 0 unspecified atom stereocenters. The molecule has 2 aromatic rings. The lowest BCUT2D eigenvalue weighted by Crippen LogP contribution is -2.41. The van der Waals surface area contributed by atoms with Crippen molar-refractivity contribution in [3.63, 3.8) is 0 Å². The van der Waals surface area contributed by atoms with Crippen molar-refractivity contribution in [3.8, 4) is 5.75 Å². The van der Waals surface area contributed by atoms with Gasteiger partial charge in [0.2, 0.25) is 10.0 Å². The first kappa shape index (κ1) is 20.8. The molecule has 0 aromatic heterocycles. The Balaban J connectivity index is 1.78. The number of nitrogens with zero attached hydrogens (tertiary/aromatic N) is 1. The number of benzene rings is 2. The minimum Gasteiger partial charge on any atom is -0.494 e. The maximum Gasteiger partial charge on any atom is 0.240 e. The van der Waals surface area contributed by atoms with Crippen LogP contribution in [0.15, 0.2) is 53.4 Å². The molecule has 5 nitrogen and oxygen atoms in total. The number of rotatable bonds is 7. The van der Waals surface area contributed by atoms with Crippen LogP contribution in [0.25, 0.3) is 0 Å². The van der Waals surface area contributed by atoms with Crippen molar-refractivity contribution in [3.05, 3.63) is 59.9 Å². The Morgan fingerprint density at radius 2 is 1.86 bits per heavy atom. The highest BCUT2D eigenvalue weighted by Gasteiger charge is 2.26. The minimum absolute atomic E-state index is 0.0172. The fraction of sp³-hybridized carbons (Fsp3) is 0.429. The molecule has 1 heterocycles. The van der Waals surface area contributed by atoms with Gasteiger partial charge < -0.3 is 4.74 Å². The minimum atomic E-state index is -3.83. The molecule has 0 saturated carbocycles. The molecule has 1 fully saturated rings. The summed E-state index contributed by atoms with van der Waals surface area (Å²) in [6.07, 6.45) is 2.19. The van der Waals surface area contributed by atoms with Gasteiger partial charge in [0.1, 0.15) is 0 Å². The lowest BCUT2D eigenvalue weighted by Gasteiger charge is -2.37. The molecular weight excluding hydrogens is 379 g/mol. The maximum absolute atomic E-state index is 13.9. The summed E-state index contributed by atoms with van der Waals surface area (Å²) in [6, 6.07) is 13.5. The van der Waals surface area contributed by atoms with E-state index in [-0.39, 0.29) is 23.2 Å². The molecule has 0 amide bonds. The van der Waals surface area contributed by atoms with Crippen LogP contribution >= 0.6 is 0 Å². The number of methoxy groups -OCH3 is 1. The first-order valence-corrected chi connectivity index (χ1v) is 11.0. The number of hydrogen-bond donors (Lipinski definition) is 1. The van der Waals surface area contributed by atoms with E-state index < -0.39 is 15.8 Å². The Hall–Kier alpha value is -1.96. The molecule has 0 bridgehead atoms. The second kappa shape index (κ2) is 9.03. The third-order valence-electron chi connectivity index (χ3n) is 5.34. The van der Waals surface area contributed by atoms with E-state index in [0.717, 1.165) is 37.6 Å². The molecular formula is C21H27FN2O3S. The van der Waals surface area contributed by atoms with Crippen LogP contribution in [0.3, 0.4) is 0 Å². The molecule has 152 valence electrons. The quantitative estimate of drug-likeness (QED) is 0.764. The third kappa shape index (κ3) is 4.90. The highest BCUT2D eigenvalue weighted by Crippen LogP contribution is 2.27. The lowest BCUT2D eigenvalue weighted by molar-refractivity contribution is 0.139. The van der Waals surface area contributed by atoms with Gasteiger partial charge in [-0.05, 0) is 55.6 Å². The summed E-state index contributed by atoms with van der Waals surface area (Å²) >= 11 is 0. The van der Waals surface area contributed by atoms with Crippen LogP contribution in [0.1, 0.15) is 31.4 Å². The number of likely N-dealkylation sites (tertiary alicyclic amines) is 1. The summed E-state index contributed by atoms with van der Waals surface area (Å²) in [7, 11) is -2.49. The van der Waals surface area contributed by atoms with E-state index in [0.29, 0.717) is 5.92 Å². The van der Waals surface area contributed by atoms with E-state index in [1.54, 1.807) is 0 Å². The zero-order chi connectivity index (χ0) is 20.1. The smallest absolute Gasteiger partial charge is 0.240 e. The molecule has 0 aliphatic carbocycles. The van der Waals surface area contributed by atoms with Crippen LogP contribution in [-0.4, -0.2) is 40.1 Å². The van der Waals surface area contributed by atoms with E-state index >= 15 is 0 Å². The first-order valence-electron chi connectivity index (χ1n) is 9.53. The molecule has 3 rings (SSSR count). The predicted molar refractivity (Wildman–Crippen MR) is 107 cm³/mol. The summed E-state index contributed by atoms with van der Waals surface area (Å²) in [5.41, 5.74) is 1.07. The van der Waals surface area contributed by atoms with Crippen LogP contribution in [0.2, 0.25) is 0 Å². The standard InChI is InChI=1S/C21H27FN2O3S/c1-16-10-12-24(13-11-16)20(17-6-4-3-5-7-17)15-23-28(25,26)18-8-9-21(27-2)19(22)14-18/h3-9,14,16,20,23H,10-13,15H2,1-2H3/t20-/m0/s1. The van der Waals surface area contributed by atoms with Gasteiger partial charge in [-0.1, -0.05) is 37.3 Å². The van der Waals surface area contributed by atoms with Crippen molar-refractivity contribution in [2.45, 2.75) is 30.7 Å². The van der Waals surface area contributed by atoms with E-state index in [4.69, 9.17) is 4.74 Å². The van der Waals surface area contributed by atoms with Crippen LogP contribution in [0, 0.1) is 11.7 Å². The van der Waals surface area contributed by atoms with Gasteiger partial charge in [0, 0.05) is 12.6 Å². The van der Waals surface area contributed by atoms with Gasteiger partial charge in [0.25, 0.3) is 0 Å². The van der Waals surface area contributed by atoms with Crippen molar-refractivity contribution in [1.29, 1.82) is 0 Å². The van der Waals surface area contributed by atoms with Gasteiger partial charge in [-0.25, -0.2) is 17.5 Å². The number of sulfonamides is 1. The average molecular weight is 407 g/mol. The average Bonchev–Trinajstić information content (AvgIpc) is 2.70. The molecule has 2 aromatic carbocycles. The van der Waals surface area contributed by atoms with Crippen molar-refractivity contribution in [1.82, 2.24) is 9.62 Å². The van der Waals surface area contributed by atoms with Gasteiger partial charge in [0.05, 0.1) is 12.0 Å². The summed E-state index contributed by atoms with van der Waals surface area (Å²) in [5, 5.41) is 0. The van der Waals surface area contributed by atoms with E-state index in [9.17, 15) is 12.8 Å². The lowest BCUT2D eigenvalue weighted by atomic mass is 9.96. The van der Waals surface area contributed by atoms with E-state index in [2.05, 4.69) is 16.5 Å². The van der Waals surface area contributed by atoms with Crippen LogP contribution in [0.4, 0.5) is 4.39 Å². The Kier molecular flexibility index (Phi) is 6.69. The van der Waals surface area contributed by atoms with Gasteiger partial charge in [0.15, 0.2) is 11.6 Å². The molecule has 0 spiro atoms. The van der Waals surface area contributed by atoms with Gasteiger partial charge in [-0.3, -0.25) is 4.90 Å². The van der Waals surface area contributed by atoms with Crippen molar-refractivity contribution in [2.24, 2.45) is 5.92 Å². The van der Waals surface area contributed by atoms with Crippen molar-refractivity contribution in [2.75, 3.05) is 26.7 Å². The second-order valence-electron chi connectivity index (χ2n) is 7.29. The Bertz CT molecular complexity index is 882. The Morgan fingerprint density at radius 3 is 2.46 bits per heavy atom. The van der Waals surface area contributed by atoms with Gasteiger partial charge in [-0.15, -0.1) is 0 Å². The predicted octanol–water partition coefficient (Wildman–Crippen LogP) is 3.59. The molecule has 1 aliphatic rings. The highest BCUT2D eigenvalue weighted by atomic mass is 32.2. The largest absolute Gasteiger partial charge is 0.494 e. The number of ether oxygens (including phenoxy) is 1. The van der Waals surface area contributed by atoms with E-state index in [1.165, 1.54) is 19.2 Å². The topological polar surface area (TPSA) is 58.6 Å². The monoisotopic (exact) mass is 406 g/mol. The zero-order valence-electron chi connectivity index (χ0n) is 16.3. The SMILES string of the molecule is COc1ccc(S(=O)(=O)NC[C@@H](c2ccccc2)N2CCC(C)CC2)cc1F. The number of piperidine rings is 1. The van der Waals surface area contributed by atoms with E-state index in [1.807, 2.05) is 30.3 Å². The molecule has 1 saturated heterocycles. The molecule has 1 atom stereocenters. The maximum atomic E-state index is 13.9. The van der Waals surface area contributed by atoms with Crippen LogP contribution < -0.4 is 9.46 Å². The van der Waals surface area contributed by atoms with Crippen LogP contribution in [-0.2, 0) is 10.0 Å². The normalized spacial score (nSPS) is 17.4. The number of nitrogens with one attached hydrogen (secondary N) is 1. The first-order chi connectivity index (χ1) is 13.4. The summed E-state index contributed by atoms with van der Waals surface area (Å²) in [6.45, 7) is 4.34. The van der Waals surface area contributed by atoms with Crippen molar-refractivity contribution < 1.29 is 17.5 Å². The second-order valence-corrected chi connectivity index (χ2v) is 9.06. The highest BCUT2D eigenvalue weighted by molar-refractivity contribution is 7.89. The summed E-state index contributed by atoms with van der Waals surface area (Å²) < 4.78 is 46.9. The molecule has 7 heteroatoms. The molecule has 28 heavy (non-hydrogen) atoms. The number of hydrogen-bond acceptors (Lipinski definition) is 4. The van der Waals surface area contributed by atoms with Crippen molar-refractivity contribution >= 4 is 10.0 Å². The van der Waals surface area contributed by atoms with Crippen LogP contribution in [0.5, 0.6) is 5.75 Å².